The summed E-state index contributed by atoms with van der Waals surface area (Å²) in [5, 5.41) is 0. The van der Waals surface area contributed by atoms with E-state index in [4.69, 9.17) is 0 Å². The van der Waals surface area contributed by atoms with Gasteiger partial charge < -0.3 is 4.90 Å². The lowest BCUT2D eigenvalue weighted by molar-refractivity contribution is 0.145. The van der Waals surface area contributed by atoms with Crippen LogP contribution in [0.5, 0.6) is 0 Å². The summed E-state index contributed by atoms with van der Waals surface area (Å²) in [7, 11) is 0. The normalized spacial score (nSPS) is 21.4. The zero-order chi connectivity index (χ0) is 36.2. The first-order valence-electron chi connectivity index (χ1n) is 21.0. The fraction of sp³-hybridized carbons (Fsp3) is 0.321. The third-order valence-corrected chi connectivity index (χ3v) is 14.1. The van der Waals surface area contributed by atoms with Crippen LogP contribution in [0.1, 0.15) is 112 Å². The molecule has 1 heteroatoms. The summed E-state index contributed by atoms with van der Waals surface area (Å²) in [6.07, 6.45) is 13.8. The molecule has 0 aliphatic heterocycles. The van der Waals surface area contributed by atoms with Crippen molar-refractivity contribution >= 4 is 17.1 Å². The first kappa shape index (κ1) is 33.7. The van der Waals surface area contributed by atoms with Gasteiger partial charge in [0.25, 0.3) is 0 Å². The van der Waals surface area contributed by atoms with Crippen LogP contribution in [0.4, 0.5) is 17.1 Å². The number of benzene rings is 6. The first-order valence-corrected chi connectivity index (χ1v) is 21.0. The van der Waals surface area contributed by atoms with Crippen molar-refractivity contribution in [2.45, 2.75) is 95.3 Å². The van der Waals surface area contributed by atoms with E-state index in [0.717, 1.165) is 11.8 Å². The number of rotatable bonds is 7. The summed E-state index contributed by atoms with van der Waals surface area (Å²) in [5.41, 5.74) is 17.2. The Kier molecular flexibility index (Phi) is 8.58. The van der Waals surface area contributed by atoms with Crippen LogP contribution in [0.15, 0.2) is 140 Å². The monoisotopic (exact) mass is 703 g/mol. The van der Waals surface area contributed by atoms with Crippen LogP contribution in [0, 0.1) is 11.8 Å². The van der Waals surface area contributed by atoms with Gasteiger partial charge in [0.05, 0.1) is 5.69 Å². The fourth-order valence-corrected chi connectivity index (χ4v) is 11.0. The molecule has 0 heterocycles. The van der Waals surface area contributed by atoms with Crippen LogP contribution in [-0.4, -0.2) is 0 Å². The third-order valence-electron chi connectivity index (χ3n) is 14.1. The van der Waals surface area contributed by atoms with E-state index in [0.29, 0.717) is 11.8 Å². The van der Waals surface area contributed by atoms with Crippen molar-refractivity contribution in [1.82, 2.24) is 0 Å². The van der Waals surface area contributed by atoms with Crippen molar-refractivity contribution in [2.75, 3.05) is 4.90 Å². The summed E-state index contributed by atoms with van der Waals surface area (Å²) in [6.45, 7) is 4.82. The van der Waals surface area contributed by atoms with Gasteiger partial charge in [-0.1, -0.05) is 149 Å². The Labute approximate surface area is 323 Å². The van der Waals surface area contributed by atoms with Crippen molar-refractivity contribution in [2.24, 2.45) is 11.8 Å². The van der Waals surface area contributed by atoms with E-state index < -0.39 is 0 Å². The molecule has 0 spiro atoms. The predicted molar refractivity (Wildman–Crippen MR) is 228 cm³/mol. The molecule has 1 atom stereocenters. The number of hydrogen-bond donors (Lipinski definition) is 0. The van der Waals surface area contributed by atoms with E-state index in [1.807, 2.05) is 0 Å². The molecule has 0 saturated heterocycles. The van der Waals surface area contributed by atoms with Gasteiger partial charge in [0, 0.05) is 22.4 Å². The van der Waals surface area contributed by atoms with Gasteiger partial charge >= 0.3 is 0 Å². The van der Waals surface area contributed by atoms with Crippen LogP contribution >= 0.6 is 0 Å². The molecule has 5 aliphatic carbocycles. The molecule has 0 aromatic heterocycles. The van der Waals surface area contributed by atoms with Crippen molar-refractivity contribution in [1.29, 1.82) is 0 Å². The van der Waals surface area contributed by atoms with Gasteiger partial charge in [-0.25, -0.2) is 0 Å². The molecule has 54 heavy (non-hydrogen) atoms. The molecular formula is C53H53N. The molecule has 1 nitrogen and oxygen atoms in total. The maximum absolute atomic E-state index is 2.57. The van der Waals surface area contributed by atoms with Crippen LogP contribution < -0.4 is 4.90 Å². The van der Waals surface area contributed by atoms with Crippen LogP contribution in [0.25, 0.3) is 33.4 Å². The van der Waals surface area contributed by atoms with Crippen molar-refractivity contribution in [3.05, 3.63) is 162 Å². The highest BCUT2D eigenvalue weighted by Gasteiger charge is 2.38. The lowest BCUT2D eigenvalue weighted by atomic mass is 9.63. The van der Waals surface area contributed by atoms with Crippen molar-refractivity contribution in [3.8, 4) is 33.4 Å². The average Bonchev–Trinajstić information content (AvgIpc) is 3.47. The van der Waals surface area contributed by atoms with Gasteiger partial charge in [-0.05, 0) is 142 Å². The topological polar surface area (TPSA) is 3.24 Å². The minimum absolute atomic E-state index is 0.100. The number of nitrogens with zero attached hydrogens (tertiary/aromatic N) is 1. The highest BCUT2D eigenvalue weighted by Crippen LogP contribution is 2.54. The molecule has 6 aromatic rings. The highest BCUT2D eigenvalue weighted by atomic mass is 15.1. The minimum atomic E-state index is -0.100. The van der Waals surface area contributed by atoms with Gasteiger partial charge in [-0.15, -0.1) is 0 Å². The Morgan fingerprint density at radius 1 is 0.481 bits per heavy atom. The van der Waals surface area contributed by atoms with E-state index in [2.05, 4.69) is 158 Å². The smallest absolute Gasteiger partial charge is 0.0543 e. The quantitative estimate of drug-likeness (QED) is 0.160. The van der Waals surface area contributed by atoms with Gasteiger partial charge in [0.1, 0.15) is 0 Å². The summed E-state index contributed by atoms with van der Waals surface area (Å²) < 4.78 is 0. The van der Waals surface area contributed by atoms with E-state index in [9.17, 15) is 0 Å². The Bertz CT molecular complexity index is 2250. The molecule has 6 aromatic carbocycles. The molecule has 0 amide bonds. The Hall–Kier alpha value is -4.88. The summed E-state index contributed by atoms with van der Waals surface area (Å²) >= 11 is 0. The average molecular weight is 704 g/mol. The molecule has 2 bridgehead atoms. The van der Waals surface area contributed by atoms with Gasteiger partial charge in [-0.3, -0.25) is 0 Å². The lowest BCUT2D eigenvalue weighted by Crippen LogP contribution is -2.29. The fourth-order valence-electron chi connectivity index (χ4n) is 11.0. The zero-order valence-corrected chi connectivity index (χ0v) is 32.1. The van der Waals surface area contributed by atoms with E-state index in [1.54, 1.807) is 5.56 Å². The second kappa shape index (κ2) is 13.8. The number of fused-ring (bicyclic) bond motifs is 6. The zero-order valence-electron chi connectivity index (χ0n) is 32.1. The Balaban J connectivity index is 1.14. The molecule has 11 rings (SSSR count). The maximum Gasteiger partial charge on any atom is 0.0543 e. The Morgan fingerprint density at radius 2 is 1.09 bits per heavy atom. The number of hydrogen-bond acceptors (Lipinski definition) is 1. The first-order chi connectivity index (χ1) is 26.5. The SMILES string of the molecule is CC1(C)c2ccccc2-c2cc(-c3ccc(-c4ccccc4)cc3)c(N(c3ccc(C4CCCCC4)cc3)c3ccc(C4CC5CCC4CC5)cc3)cc21. The van der Waals surface area contributed by atoms with Gasteiger partial charge in [0.2, 0.25) is 0 Å². The van der Waals surface area contributed by atoms with E-state index in [1.165, 1.54) is 131 Å². The van der Waals surface area contributed by atoms with Crippen LogP contribution in [-0.2, 0) is 5.41 Å². The molecule has 1 unspecified atom stereocenters. The standard InChI is InChI=1S/C53H53N/c1-53(2)50-16-10-9-15-46(50)49-34-48(43-23-21-39(22-24-43)37-11-5-3-6-12-37)52(35-51(49)53)54(44-29-25-40(26-30-44)38-13-7-4-8-14-38)45-31-27-42(28-32-45)47-33-36-17-19-41(47)20-18-36/h3,5-6,9-12,15-16,21-32,34-36,38,41,47H,4,7-8,13-14,17-20,33H2,1-2H3. The Morgan fingerprint density at radius 3 is 1.76 bits per heavy atom. The van der Waals surface area contributed by atoms with Crippen LogP contribution in [0.2, 0.25) is 0 Å². The molecule has 270 valence electrons. The predicted octanol–water partition coefficient (Wildman–Crippen LogP) is 15.1. The van der Waals surface area contributed by atoms with Gasteiger partial charge in [-0.2, -0.15) is 0 Å². The molecule has 4 fully saturated rings. The van der Waals surface area contributed by atoms with Crippen molar-refractivity contribution < 1.29 is 0 Å². The summed E-state index contributed by atoms with van der Waals surface area (Å²) in [6, 6.07) is 53.7. The minimum Gasteiger partial charge on any atom is -0.310 e. The van der Waals surface area contributed by atoms with Crippen molar-refractivity contribution in [3.63, 3.8) is 0 Å². The molecule has 0 N–H and O–H groups in total. The van der Waals surface area contributed by atoms with Crippen LogP contribution in [0.3, 0.4) is 0 Å². The van der Waals surface area contributed by atoms with E-state index >= 15 is 0 Å². The molecular weight excluding hydrogens is 651 g/mol. The molecule has 0 radical (unpaired) electrons. The maximum atomic E-state index is 2.57. The molecule has 5 aliphatic rings. The van der Waals surface area contributed by atoms with E-state index in [-0.39, 0.29) is 5.41 Å². The lowest BCUT2D eigenvalue weighted by Gasteiger charge is -2.42. The number of anilines is 3. The second-order valence-corrected chi connectivity index (χ2v) is 17.5. The third kappa shape index (κ3) is 5.92. The second-order valence-electron chi connectivity index (χ2n) is 17.5. The van der Waals surface area contributed by atoms with Gasteiger partial charge in [0.15, 0.2) is 0 Å². The molecule has 4 saturated carbocycles. The summed E-state index contributed by atoms with van der Waals surface area (Å²) in [4.78, 5) is 2.57. The summed E-state index contributed by atoms with van der Waals surface area (Å²) in [5.74, 6) is 3.18. The largest absolute Gasteiger partial charge is 0.310 e. The highest BCUT2D eigenvalue weighted by molar-refractivity contribution is 5.95.